The van der Waals surface area contributed by atoms with E-state index < -0.39 is 0 Å². The van der Waals surface area contributed by atoms with Gasteiger partial charge in [-0.3, -0.25) is 4.79 Å². The molecule has 0 unspecified atom stereocenters. The smallest absolute Gasteiger partial charge is 0.253 e. The van der Waals surface area contributed by atoms with Gasteiger partial charge in [-0.15, -0.1) is 12.4 Å². The van der Waals surface area contributed by atoms with Crippen molar-refractivity contribution in [1.29, 1.82) is 0 Å². The minimum Gasteiger partial charge on any atom is -0.508 e. The summed E-state index contributed by atoms with van der Waals surface area (Å²) < 4.78 is 6.40. The Morgan fingerprint density at radius 3 is 2.40 bits per heavy atom. The number of nitrogens with one attached hydrogen (secondary N) is 1. The van der Waals surface area contributed by atoms with Gasteiger partial charge >= 0.3 is 0 Å². The first kappa shape index (κ1) is 22.2. The van der Waals surface area contributed by atoms with Crippen LogP contribution in [-0.2, 0) is 0 Å². The maximum absolute atomic E-state index is 12.6. The summed E-state index contributed by atoms with van der Waals surface area (Å²) in [6.07, 6.45) is 4.00. The van der Waals surface area contributed by atoms with Crippen LogP contribution in [0.15, 0.2) is 48.5 Å². The molecule has 2 N–H and O–H groups in total. The van der Waals surface area contributed by atoms with E-state index in [1.165, 1.54) is 0 Å². The summed E-state index contributed by atoms with van der Waals surface area (Å²) in [5.74, 6) is 1.06. The monoisotopic (exact) mass is 428 g/mol. The van der Waals surface area contributed by atoms with Crippen LogP contribution in [-0.4, -0.2) is 47.7 Å². The first-order valence-corrected chi connectivity index (χ1v) is 10.4. The van der Waals surface area contributed by atoms with Crippen LogP contribution in [0.2, 0.25) is 0 Å². The molecule has 5 nitrogen and oxygen atoms in total. The van der Waals surface area contributed by atoms with Gasteiger partial charge in [0.05, 0.1) is 0 Å². The highest BCUT2D eigenvalue weighted by molar-refractivity contribution is 5.95. The number of ether oxygens (including phenoxy) is 1. The van der Waals surface area contributed by atoms with Crippen LogP contribution in [0.5, 0.6) is 11.5 Å². The van der Waals surface area contributed by atoms with Gasteiger partial charge < -0.3 is 20.1 Å². The number of hydrogen-bond acceptors (Lipinski definition) is 4. The number of nitrogens with zero attached hydrogens (tertiary/aromatic N) is 1. The number of benzene rings is 2. The summed E-state index contributed by atoms with van der Waals surface area (Å²) in [6.45, 7) is 7.20. The van der Waals surface area contributed by atoms with Crippen LogP contribution < -0.4 is 10.1 Å². The molecule has 160 valence electrons. The van der Waals surface area contributed by atoms with E-state index in [1.54, 1.807) is 12.1 Å². The highest BCUT2D eigenvalue weighted by Crippen LogP contribution is 2.43. The van der Waals surface area contributed by atoms with Crippen molar-refractivity contribution < 1.29 is 14.6 Å². The van der Waals surface area contributed by atoms with Gasteiger partial charge in [0, 0.05) is 37.1 Å². The highest BCUT2D eigenvalue weighted by atomic mass is 35.5. The van der Waals surface area contributed by atoms with Crippen LogP contribution in [0.25, 0.3) is 5.57 Å². The van der Waals surface area contributed by atoms with E-state index in [1.807, 2.05) is 49.1 Å². The lowest BCUT2D eigenvalue weighted by molar-refractivity contribution is 0.0772. The molecule has 0 bridgehead atoms. The van der Waals surface area contributed by atoms with Gasteiger partial charge in [-0.05, 0) is 74.5 Å². The number of phenolic OH excluding ortho intramolecular Hbond substituents is 1. The second-order valence-corrected chi connectivity index (χ2v) is 7.71. The molecule has 1 spiro atoms. The predicted molar refractivity (Wildman–Crippen MR) is 122 cm³/mol. The topological polar surface area (TPSA) is 61.8 Å². The third kappa shape index (κ3) is 4.18. The lowest BCUT2D eigenvalue weighted by atomic mass is 9.83. The zero-order valence-corrected chi connectivity index (χ0v) is 18.3. The van der Waals surface area contributed by atoms with Gasteiger partial charge in [-0.2, -0.15) is 0 Å². The van der Waals surface area contributed by atoms with Gasteiger partial charge in [0.1, 0.15) is 17.1 Å². The fourth-order valence-electron chi connectivity index (χ4n) is 4.23. The molecule has 1 fully saturated rings. The van der Waals surface area contributed by atoms with Crippen LogP contribution >= 0.6 is 12.4 Å². The van der Waals surface area contributed by atoms with Crippen molar-refractivity contribution in [3.8, 4) is 11.5 Å². The van der Waals surface area contributed by atoms with Crippen molar-refractivity contribution >= 4 is 23.9 Å². The fourth-order valence-corrected chi connectivity index (χ4v) is 4.23. The normalized spacial score (nSPS) is 16.7. The second-order valence-electron chi connectivity index (χ2n) is 7.71. The maximum Gasteiger partial charge on any atom is 0.253 e. The van der Waals surface area contributed by atoms with Crippen molar-refractivity contribution in [1.82, 2.24) is 10.2 Å². The van der Waals surface area contributed by atoms with E-state index in [9.17, 15) is 9.90 Å². The largest absolute Gasteiger partial charge is 0.508 e. The molecule has 2 aliphatic rings. The summed E-state index contributed by atoms with van der Waals surface area (Å²) in [6, 6.07) is 13.0. The van der Waals surface area contributed by atoms with E-state index in [0.717, 1.165) is 48.4 Å². The van der Waals surface area contributed by atoms with Gasteiger partial charge in [-0.25, -0.2) is 0 Å². The molecule has 2 aromatic carbocycles. The molecule has 2 heterocycles. The number of phenols is 1. The SMILES string of the molecule is CCN(CC)C(=O)c1ccc(C2=CC3(CCNCC3)Oc3ccc(O)cc32)cc1.Cl. The standard InChI is InChI=1S/C24H28N2O3.ClH/c1-3-26(4-2)23(28)18-7-5-17(6-8-18)21-16-24(11-13-25-14-12-24)29-22-10-9-19(27)15-20(21)22;/h5-10,15-16,25,27H,3-4,11-14H2,1-2H3;1H. The molecule has 2 aromatic rings. The van der Waals surface area contributed by atoms with Gasteiger partial charge in [0.15, 0.2) is 0 Å². The van der Waals surface area contributed by atoms with E-state index in [4.69, 9.17) is 4.74 Å². The molecule has 6 heteroatoms. The zero-order chi connectivity index (χ0) is 20.4. The van der Waals surface area contributed by atoms with Gasteiger partial charge in [0.2, 0.25) is 0 Å². The molecule has 1 saturated heterocycles. The van der Waals surface area contributed by atoms with Gasteiger partial charge in [0.25, 0.3) is 5.91 Å². The minimum atomic E-state index is -0.333. The average Bonchev–Trinajstić information content (AvgIpc) is 2.75. The molecule has 0 radical (unpaired) electrons. The molecular weight excluding hydrogens is 400 g/mol. The Kier molecular flexibility index (Phi) is 6.74. The number of piperidine rings is 1. The number of carbonyl (C=O) groups is 1. The number of amides is 1. The minimum absolute atomic E-state index is 0. The number of fused-ring (bicyclic) bond motifs is 1. The first-order chi connectivity index (χ1) is 14.0. The number of hydrogen-bond donors (Lipinski definition) is 2. The molecular formula is C24H29ClN2O3. The number of carbonyl (C=O) groups excluding carboxylic acids is 1. The second kappa shape index (κ2) is 9.11. The third-order valence-corrected chi connectivity index (χ3v) is 5.92. The Hall–Kier alpha value is -2.50. The lowest BCUT2D eigenvalue weighted by Crippen LogP contribution is -2.46. The molecule has 1 amide bonds. The van der Waals surface area contributed by atoms with E-state index >= 15 is 0 Å². The molecule has 0 aliphatic carbocycles. The number of rotatable bonds is 4. The summed E-state index contributed by atoms with van der Waals surface area (Å²) >= 11 is 0. The molecule has 4 rings (SSSR count). The Morgan fingerprint density at radius 1 is 1.10 bits per heavy atom. The van der Waals surface area contributed by atoms with Crippen molar-refractivity contribution in [2.45, 2.75) is 32.3 Å². The quantitative estimate of drug-likeness (QED) is 0.764. The predicted octanol–water partition coefficient (Wildman–Crippen LogP) is 4.24. The molecule has 30 heavy (non-hydrogen) atoms. The van der Waals surface area contributed by atoms with E-state index in [-0.39, 0.29) is 29.7 Å². The molecule has 0 aromatic heterocycles. The number of halogens is 1. The Balaban J connectivity index is 0.00000256. The molecule has 0 atom stereocenters. The maximum atomic E-state index is 12.6. The molecule has 0 saturated carbocycles. The van der Waals surface area contributed by atoms with Crippen molar-refractivity contribution in [2.75, 3.05) is 26.2 Å². The highest BCUT2D eigenvalue weighted by Gasteiger charge is 2.37. The van der Waals surface area contributed by atoms with Crippen molar-refractivity contribution in [3.05, 3.63) is 65.2 Å². The van der Waals surface area contributed by atoms with Crippen LogP contribution in [0, 0.1) is 0 Å². The molecule has 2 aliphatic heterocycles. The van der Waals surface area contributed by atoms with E-state index in [0.29, 0.717) is 18.7 Å². The zero-order valence-electron chi connectivity index (χ0n) is 17.5. The first-order valence-electron chi connectivity index (χ1n) is 10.4. The Bertz CT molecular complexity index is 930. The van der Waals surface area contributed by atoms with Crippen molar-refractivity contribution in [3.63, 3.8) is 0 Å². The third-order valence-electron chi connectivity index (χ3n) is 5.92. The van der Waals surface area contributed by atoms with E-state index in [2.05, 4.69) is 11.4 Å². The Labute approximate surface area is 184 Å². The fraction of sp³-hybridized carbons (Fsp3) is 0.375. The van der Waals surface area contributed by atoms with Crippen LogP contribution in [0.4, 0.5) is 0 Å². The van der Waals surface area contributed by atoms with Crippen LogP contribution in [0.1, 0.15) is 48.2 Å². The summed E-state index contributed by atoms with van der Waals surface area (Å²) in [7, 11) is 0. The summed E-state index contributed by atoms with van der Waals surface area (Å²) in [5, 5.41) is 13.4. The lowest BCUT2D eigenvalue weighted by Gasteiger charge is -2.40. The van der Waals surface area contributed by atoms with Crippen LogP contribution in [0.3, 0.4) is 0 Å². The Morgan fingerprint density at radius 2 is 1.77 bits per heavy atom. The number of aromatic hydroxyl groups is 1. The van der Waals surface area contributed by atoms with Crippen molar-refractivity contribution in [2.24, 2.45) is 0 Å². The summed E-state index contributed by atoms with van der Waals surface area (Å²) in [5.41, 5.74) is 3.31. The van der Waals surface area contributed by atoms with Gasteiger partial charge in [-0.1, -0.05) is 12.1 Å². The average molecular weight is 429 g/mol. The summed E-state index contributed by atoms with van der Waals surface area (Å²) in [4.78, 5) is 14.5.